The second-order valence-electron chi connectivity index (χ2n) is 7.16. The Morgan fingerprint density at radius 2 is 1.59 bits per heavy atom. The number of benzene rings is 1. The van der Waals surface area contributed by atoms with Crippen molar-refractivity contribution in [1.29, 1.82) is 0 Å². The fourth-order valence-electron chi connectivity index (χ4n) is 2.36. The molecule has 0 aliphatic heterocycles. The van der Waals surface area contributed by atoms with Gasteiger partial charge in [0.05, 0.1) is 0 Å². The molecule has 0 fully saturated rings. The van der Waals surface area contributed by atoms with Crippen LogP contribution in [0.25, 0.3) is 0 Å². The molecule has 0 heterocycles. The molecule has 7 heteroatoms. The molecular weight excluding hydrogens is 477 g/mol. The largest absolute Gasteiger partial charge is 1.00 e. The van der Waals surface area contributed by atoms with Crippen molar-refractivity contribution in [2.24, 2.45) is 17.4 Å². The monoisotopic (exact) mass is 515 g/mol. The molecule has 1 aliphatic carbocycles. The maximum absolute atomic E-state index is 4.90. The summed E-state index contributed by atoms with van der Waals surface area (Å²) in [6, 6.07) is 8.71. The van der Waals surface area contributed by atoms with Crippen LogP contribution in [0.4, 0.5) is 0 Å². The van der Waals surface area contributed by atoms with Gasteiger partial charge in [-0.3, -0.25) is 0 Å². The van der Waals surface area contributed by atoms with Gasteiger partial charge >= 0.3 is 71.0 Å². The van der Waals surface area contributed by atoms with Crippen LogP contribution in [0.2, 0.25) is 0 Å². The van der Waals surface area contributed by atoms with Crippen molar-refractivity contribution in [2.75, 3.05) is 13.1 Å². The average Bonchev–Trinajstić information content (AvgIpc) is 2.63. The number of allylic oxidation sites excluding steroid dienone is 3. The van der Waals surface area contributed by atoms with Gasteiger partial charge < -0.3 is 12.9 Å². The van der Waals surface area contributed by atoms with Gasteiger partial charge in [-0.05, 0) is 57.4 Å². The fraction of sp³-hybridized carbons (Fsp3) is 0.545. The Kier molecular flexibility index (Phi) is 26.5. The first-order valence-electron chi connectivity index (χ1n) is 9.49. The number of halogens is 3. The van der Waals surface area contributed by atoms with Crippen LogP contribution >= 0.6 is 30.3 Å². The minimum Gasteiger partial charge on any atom is -1.00 e. The van der Waals surface area contributed by atoms with E-state index in [-0.39, 0.29) is 31.0 Å². The van der Waals surface area contributed by atoms with Crippen LogP contribution in [0.3, 0.4) is 0 Å². The summed E-state index contributed by atoms with van der Waals surface area (Å²) in [4.78, 5) is 0. The van der Waals surface area contributed by atoms with Gasteiger partial charge in [0.25, 0.3) is 0 Å². The van der Waals surface area contributed by atoms with Gasteiger partial charge in [-0.1, -0.05) is 67.5 Å². The first-order chi connectivity index (χ1) is 13.0. The van der Waals surface area contributed by atoms with Crippen molar-refractivity contribution in [3.8, 4) is 0 Å². The summed E-state index contributed by atoms with van der Waals surface area (Å²) in [7, 11) is 14.7. The molecule has 0 spiro atoms. The Morgan fingerprint density at radius 3 is 1.86 bits per heavy atom. The molecule has 29 heavy (non-hydrogen) atoms. The van der Waals surface area contributed by atoms with Crippen molar-refractivity contribution < 1.29 is 42.1 Å². The summed E-state index contributed by atoms with van der Waals surface area (Å²) >= 11 is -1.33. The van der Waals surface area contributed by atoms with E-state index in [0.717, 1.165) is 5.92 Å². The first-order valence-corrected chi connectivity index (χ1v) is 14.0. The van der Waals surface area contributed by atoms with Crippen LogP contribution in [-0.4, -0.2) is 13.1 Å². The number of nitrogens with two attached hydrogens (primary N) is 2. The van der Waals surface area contributed by atoms with Gasteiger partial charge in [-0.25, -0.2) is 0 Å². The van der Waals surface area contributed by atoms with Crippen LogP contribution in [-0.2, 0) is 11.2 Å². The topological polar surface area (TPSA) is 52.0 Å². The molecule has 1 unspecified atom stereocenters. The quantitative estimate of drug-likeness (QED) is 0.459. The zero-order valence-corrected chi connectivity index (χ0v) is 24.3. The first kappa shape index (κ1) is 34.6. The zero-order valence-electron chi connectivity index (χ0n) is 19.9. The predicted molar refractivity (Wildman–Crippen MR) is 128 cm³/mol. The number of aryl methyl sites for hydroxylation is 1. The van der Waals surface area contributed by atoms with E-state index in [4.69, 9.17) is 41.8 Å². The summed E-state index contributed by atoms with van der Waals surface area (Å²) in [5, 5.41) is 0. The molecule has 0 amide bonds. The third kappa shape index (κ3) is 23.5. The summed E-state index contributed by atoms with van der Waals surface area (Å²) in [5.41, 5.74) is 15.5. The van der Waals surface area contributed by atoms with E-state index in [1.54, 1.807) is 5.57 Å². The van der Waals surface area contributed by atoms with E-state index in [9.17, 15) is 0 Å². The van der Waals surface area contributed by atoms with Gasteiger partial charge in [-0.2, -0.15) is 0 Å². The molecule has 1 atom stereocenters. The maximum Gasteiger partial charge on any atom is 1.00 e. The molecule has 0 saturated heterocycles. The Hall–Kier alpha value is 1.01. The number of hydrogen-bond acceptors (Lipinski definition) is 2. The van der Waals surface area contributed by atoms with Gasteiger partial charge in [0, 0.05) is 13.1 Å². The third-order valence-corrected chi connectivity index (χ3v) is 4.25. The summed E-state index contributed by atoms with van der Waals surface area (Å²) < 4.78 is 0. The maximum atomic E-state index is 4.90. The molecule has 0 radical (unpaired) electrons. The molecule has 4 N–H and O–H groups in total. The van der Waals surface area contributed by atoms with E-state index >= 15 is 0 Å². The molecule has 2 nitrogen and oxygen atoms in total. The summed E-state index contributed by atoms with van der Waals surface area (Å²) in [6.07, 6.45) is 6.17. The van der Waals surface area contributed by atoms with Crippen LogP contribution in [0.1, 0.15) is 65.4 Å². The van der Waals surface area contributed by atoms with Crippen LogP contribution in [0, 0.1) is 12.8 Å². The molecule has 0 bridgehead atoms. The number of rotatable bonds is 3. The normalized spacial score (nSPS) is 15.1. The predicted octanol–water partition coefficient (Wildman–Crippen LogP) is 4.51. The van der Waals surface area contributed by atoms with Crippen molar-refractivity contribution in [2.45, 2.75) is 59.8 Å². The molecule has 1 aliphatic rings. The third-order valence-electron chi connectivity index (χ3n) is 4.25. The van der Waals surface area contributed by atoms with E-state index in [0.29, 0.717) is 19.0 Å². The van der Waals surface area contributed by atoms with Crippen molar-refractivity contribution >= 4 is 30.3 Å². The average molecular weight is 517 g/mol. The molecular formula is C22H39Cl3FeN2Na. The Bertz CT molecular complexity index is 551. The Balaban J connectivity index is -0.000000160. The fourth-order valence-corrected chi connectivity index (χ4v) is 2.36. The molecule has 1 aromatic rings. The van der Waals surface area contributed by atoms with Gasteiger partial charge in [0.1, 0.15) is 0 Å². The summed E-state index contributed by atoms with van der Waals surface area (Å²) in [6.45, 7) is 16.1. The minimum atomic E-state index is -1.33. The van der Waals surface area contributed by atoms with Crippen molar-refractivity contribution in [1.82, 2.24) is 0 Å². The van der Waals surface area contributed by atoms with Gasteiger partial charge in [0.15, 0.2) is 0 Å². The van der Waals surface area contributed by atoms with E-state index in [2.05, 4.69) is 71.5 Å². The van der Waals surface area contributed by atoms with Crippen molar-refractivity contribution in [3.63, 3.8) is 0 Å². The van der Waals surface area contributed by atoms with Gasteiger partial charge in [-0.15, -0.1) is 0 Å². The number of hydrogen-bond donors (Lipinski definition) is 2. The van der Waals surface area contributed by atoms with Gasteiger partial charge in [0.2, 0.25) is 0 Å². The van der Waals surface area contributed by atoms with Crippen molar-refractivity contribution in [3.05, 3.63) is 59.2 Å². The van der Waals surface area contributed by atoms with Crippen LogP contribution in [0.5, 0.6) is 0 Å². The van der Waals surface area contributed by atoms with E-state index in [1.165, 1.54) is 36.0 Å². The minimum absolute atomic E-state index is 0. The van der Waals surface area contributed by atoms with Crippen LogP contribution < -0.4 is 41.0 Å². The standard InChI is InChI=1S/C10H16.C10H14.C2H8N2.3ClH.Fe.Na.H/c2*1-8(2)10-6-4-9(3)5-7-10;3-1-2-4;;;;;;/h4,10H,1,5-7H2,2-3H3;4-8H,1-3H3;1-4H2;3*1H;;;/q;;;;;;+3;+1;-1/p-3. The molecule has 0 saturated carbocycles. The van der Waals surface area contributed by atoms with E-state index in [1.807, 2.05) is 0 Å². The Labute approximate surface area is 220 Å². The molecule has 0 aromatic heterocycles. The molecule has 2 rings (SSSR count). The summed E-state index contributed by atoms with van der Waals surface area (Å²) in [5.74, 6) is 1.42. The van der Waals surface area contributed by atoms with E-state index < -0.39 is 11.2 Å². The smallest absolute Gasteiger partial charge is 1.00 e. The van der Waals surface area contributed by atoms with Crippen LogP contribution in [0.15, 0.2) is 48.1 Å². The molecule has 1 aromatic carbocycles. The second kappa shape index (κ2) is 22.2. The second-order valence-corrected chi connectivity index (χ2v) is 12.6. The molecule has 167 valence electrons. The SMILES string of the molecule is C=C(C)C1CC=C(C)CC1.Cc1ccc(C(C)C)cc1.NCCN.[Cl][Fe]([Cl])[Cl].[H-].[Na+]. The Morgan fingerprint density at radius 1 is 1.14 bits per heavy atom. The zero-order chi connectivity index (χ0) is 22.1.